The lowest BCUT2D eigenvalue weighted by molar-refractivity contribution is -0.148. The monoisotopic (exact) mass is 355 g/mol. The molecule has 0 bridgehead atoms. The van der Waals surface area contributed by atoms with E-state index in [2.05, 4.69) is 33.0 Å². The van der Waals surface area contributed by atoms with Crippen molar-refractivity contribution in [3.8, 4) is 0 Å². The molecular formula is C16H22BrNO3. The highest BCUT2D eigenvalue weighted by molar-refractivity contribution is 9.10. The Morgan fingerprint density at radius 1 is 1.52 bits per heavy atom. The van der Waals surface area contributed by atoms with Gasteiger partial charge in [-0.25, -0.2) is 0 Å². The number of hydrogen-bond donors (Lipinski definition) is 0. The van der Waals surface area contributed by atoms with Crippen LogP contribution in [-0.2, 0) is 14.3 Å². The Hall–Kier alpha value is -0.910. The molecule has 0 radical (unpaired) electrons. The van der Waals surface area contributed by atoms with E-state index in [0.717, 1.165) is 24.1 Å². The van der Waals surface area contributed by atoms with Gasteiger partial charge in [0.1, 0.15) is 0 Å². The summed E-state index contributed by atoms with van der Waals surface area (Å²) >= 11 is 3.49. The molecule has 1 saturated heterocycles. The summed E-state index contributed by atoms with van der Waals surface area (Å²) in [7, 11) is 0. The number of benzene rings is 1. The van der Waals surface area contributed by atoms with E-state index in [0.29, 0.717) is 13.0 Å². The van der Waals surface area contributed by atoms with Crippen molar-refractivity contribution in [3.05, 3.63) is 34.3 Å². The van der Waals surface area contributed by atoms with E-state index in [9.17, 15) is 4.79 Å². The zero-order valence-corrected chi connectivity index (χ0v) is 14.1. The van der Waals surface area contributed by atoms with Gasteiger partial charge >= 0.3 is 5.97 Å². The minimum Gasteiger partial charge on any atom is -0.463 e. The maximum atomic E-state index is 11.6. The lowest BCUT2D eigenvalue weighted by Gasteiger charge is -2.33. The van der Waals surface area contributed by atoms with E-state index in [1.807, 2.05) is 26.0 Å². The molecule has 1 atom stereocenters. The largest absolute Gasteiger partial charge is 0.463 e. The summed E-state index contributed by atoms with van der Waals surface area (Å²) in [5.41, 5.74) is 1.17. The number of esters is 1. The molecule has 0 aliphatic carbocycles. The van der Waals surface area contributed by atoms with Crippen LogP contribution >= 0.6 is 15.9 Å². The van der Waals surface area contributed by atoms with Gasteiger partial charge in [-0.15, -0.1) is 0 Å². The second-order valence-corrected chi connectivity index (χ2v) is 6.42. The molecule has 0 spiro atoms. The Labute approximate surface area is 134 Å². The van der Waals surface area contributed by atoms with Crippen LogP contribution in [0.1, 0.15) is 31.9 Å². The average molecular weight is 356 g/mol. The molecule has 0 amide bonds. The maximum Gasteiger partial charge on any atom is 0.307 e. The van der Waals surface area contributed by atoms with Gasteiger partial charge in [-0.3, -0.25) is 9.69 Å². The molecule has 1 aliphatic heterocycles. The molecule has 0 saturated carbocycles. The minimum absolute atomic E-state index is 0.0448. The third-order valence-electron chi connectivity index (χ3n) is 3.37. The molecule has 0 aromatic heterocycles. The van der Waals surface area contributed by atoms with Gasteiger partial charge in [-0.1, -0.05) is 28.1 Å². The van der Waals surface area contributed by atoms with Gasteiger partial charge in [0.05, 0.1) is 25.2 Å². The molecule has 5 heteroatoms. The van der Waals surface area contributed by atoms with Crippen molar-refractivity contribution in [2.75, 3.05) is 26.2 Å². The molecule has 1 unspecified atom stereocenters. The van der Waals surface area contributed by atoms with E-state index < -0.39 is 0 Å². The van der Waals surface area contributed by atoms with Crippen molar-refractivity contribution in [2.24, 2.45) is 0 Å². The molecule has 1 aliphatic rings. The summed E-state index contributed by atoms with van der Waals surface area (Å²) in [5.74, 6) is -0.129. The topological polar surface area (TPSA) is 38.8 Å². The number of morpholine rings is 1. The fourth-order valence-corrected chi connectivity index (χ4v) is 2.80. The smallest absolute Gasteiger partial charge is 0.307 e. The summed E-state index contributed by atoms with van der Waals surface area (Å²) in [4.78, 5) is 13.9. The van der Waals surface area contributed by atoms with Gasteiger partial charge in [0, 0.05) is 24.1 Å². The van der Waals surface area contributed by atoms with Crippen LogP contribution in [0.5, 0.6) is 0 Å². The SMILES string of the molecule is CC(C)OC(=O)CCN1CCOC(c2cccc(Br)c2)C1. The predicted octanol–water partition coefficient (Wildman–Crippen LogP) is 3.16. The van der Waals surface area contributed by atoms with Crippen LogP contribution < -0.4 is 0 Å². The molecule has 4 nitrogen and oxygen atoms in total. The Balaban J connectivity index is 1.85. The highest BCUT2D eigenvalue weighted by Crippen LogP contribution is 2.24. The Kier molecular flexibility index (Phi) is 6.21. The summed E-state index contributed by atoms with van der Waals surface area (Å²) in [6, 6.07) is 8.18. The molecule has 116 valence electrons. The zero-order valence-electron chi connectivity index (χ0n) is 12.5. The number of ether oxygens (including phenoxy) is 2. The predicted molar refractivity (Wildman–Crippen MR) is 85.1 cm³/mol. The number of nitrogens with zero attached hydrogens (tertiary/aromatic N) is 1. The maximum absolute atomic E-state index is 11.6. The van der Waals surface area contributed by atoms with Crippen LogP contribution in [0.2, 0.25) is 0 Å². The lowest BCUT2D eigenvalue weighted by atomic mass is 10.1. The standard InChI is InChI=1S/C16H22BrNO3/c1-12(2)21-16(19)6-7-18-8-9-20-15(11-18)13-4-3-5-14(17)10-13/h3-5,10,12,15H,6-9,11H2,1-2H3. The van der Waals surface area contributed by atoms with Gasteiger partial charge in [-0.2, -0.15) is 0 Å². The van der Waals surface area contributed by atoms with Crippen molar-refractivity contribution < 1.29 is 14.3 Å². The molecule has 2 rings (SSSR count). The summed E-state index contributed by atoms with van der Waals surface area (Å²) in [6.07, 6.45) is 0.456. The van der Waals surface area contributed by atoms with Crippen LogP contribution in [-0.4, -0.2) is 43.2 Å². The molecule has 1 heterocycles. The summed E-state index contributed by atoms with van der Waals surface area (Å²) in [6.45, 7) is 6.83. The normalized spacial score (nSPS) is 19.7. The highest BCUT2D eigenvalue weighted by atomic mass is 79.9. The first kappa shape index (κ1) is 16.5. The number of rotatable bonds is 5. The number of carbonyl (C=O) groups excluding carboxylic acids is 1. The first-order valence-electron chi connectivity index (χ1n) is 7.33. The molecule has 0 N–H and O–H groups in total. The van der Waals surface area contributed by atoms with Crippen molar-refractivity contribution in [3.63, 3.8) is 0 Å². The van der Waals surface area contributed by atoms with Crippen molar-refractivity contribution >= 4 is 21.9 Å². The highest BCUT2D eigenvalue weighted by Gasteiger charge is 2.22. The van der Waals surface area contributed by atoms with Crippen molar-refractivity contribution in [2.45, 2.75) is 32.5 Å². The van der Waals surface area contributed by atoms with Gasteiger partial charge < -0.3 is 9.47 Å². The third kappa shape index (κ3) is 5.41. The fraction of sp³-hybridized carbons (Fsp3) is 0.562. The van der Waals surface area contributed by atoms with E-state index in [1.165, 1.54) is 5.56 Å². The van der Waals surface area contributed by atoms with Crippen LogP contribution in [0.3, 0.4) is 0 Å². The average Bonchev–Trinajstić information content (AvgIpc) is 2.45. The van der Waals surface area contributed by atoms with Gasteiger partial charge in [-0.05, 0) is 31.5 Å². The first-order valence-corrected chi connectivity index (χ1v) is 8.13. The van der Waals surface area contributed by atoms with Crippen molar-refractivity contribution in [1.82, 2.24) is 4.90 Å². The first-order chi connectivity index (χ1) is 10.0. The lowest BCUT2D eigenvalue weighted by Crippen LogP contribution is -2.39. The Morgan fingerprint density at radius 2 is 2.33 bits per heavy atom. The van der Waals surface area contributed by atoms with Gasteiger partial charge in [0.15, 0.2) is 0 Å². The molecule has 1 aromatic carbocycles. The Morgan fingerprint density at radius 3 is 3.05 bits per heavy atom. The van der Waals surface area contributed by atoms with Crippen LogP contribution in [0.4, 0.5) is 0 Å². The quantitative estimate of drug-likeness (QED) is 0.760. The summed E-state index contributed by atoms with van der Waals surface area (Å²) in [5, 5.41) is 0. The number of halogens is 1. The Bertz CT molecular complexity index is 478. The van der Waals surface area contributed by atoms with E-state index in [-0.39, 0.29) is 18.2 Å². The van der Waals surface area contributed by atoms with Gasteiger partial charge in [0.25, 0.3) is 0 Å². The fourth-order valence-electron chi connectivity index (χ4n) is 2.39. The second kappa shape index (κ2) is 7.92. The zero-order chi connectivity index (χ0) is 15.2. The van der Waals surface area contributed by atoms with E-state index in [1.54, 1.807) is 0 Å². The summed E-state index contributed by atoms with van der Waals surface area (Å²) < 4.78 is 12.1. The molecule has 1 aromatic rings. The second-order valence-electron chi connectivity index (χ2n) is 5.50. The molecule has 1 fully saturated rings. The van der Waals surface area contributed by atoms with Crippen LogP contribution in [0.25, 0.3) is 0 Å². The minimum atomic E-state index is -0.129. The van der Waals surface area contributed by atoms with Crippen LogP contribution in [0, 0.1) is 0 Å². The number of carbonyl (C=O) groups is 1. The molecular weight excluding hydrogens is 334 g/mol. The van der Waals surface area contributed by atoms with Gasteiger partial charge in [0.2, 0.25) is 0 Å². The molecule has 21 heavy (non-hydrogen) atoms. The number of hydrogen-bond acceptors (Lipinski definition) is 4. The van der Waals surface area contributed by atoms with Crippen molar-refractivity contribution in [1.29, 1.82) is 0 Å². The van der Waals surface area contributed by atoms with E-state index in [4.69, 9.17) is 9.47 Å². The van der Waals surface area contributed by atoms with E-state index >= 15 is 0 Å². The van der Waals surface area contributed by atoms with Crippen LogP contribution in [0.15, 0.2) is 28.7 Å². The third-order valence-corrected chi connectivity index (χ3v) is 3.86.